The molecule has 2 saturated heterocycles. The summed E-state index contributed by atoms with van der Waals surface area (Å²) in [7, 11) is 0. The summed E-state index contributed by atoms with van der Waals surface area (Å²) in [6, 6.07) is 0. The Labute approximate surface area is 129 Å². The van der Waals surface area contributed by atoms with E-state index in [0.29, 0.717) is 12.3 Å². The number of hydrogen-bond donors (Lipinski definition) is 0. The van der Waals surface area contributed by atoms with Crippen LogP contribution in [-0.2, 0) is 9.47 Å². The van der Waals surface area contributed by atoms with Gasteiger partial charge in [-0.25, -0.2) is 4.98 Å². The van der Waals surface area contributed by atoms with Gasteiger partial charge >= 0.3 is 0 Å². The summed E-state index contributed by atoms with van der Waals surface area (Å²) in [5, 5.41) is 1.82. The Bertz CT molecular complexity index is 469. The molecule has 1 spiro atoms. The van der Waals surface area contributed by atoms with Crippen molar-refractivity contribution in [1.29, 1.82) is 0 Å². The smallest absolute Gasteiger partial charge is 0.273 e. The van der Waals surface area contributed by atoms with Crippen LogP contribution in [0.3, 0.4) is 0 Å². The molecule has 3 heterocycles. The van der Waals surface area contributed by atoms with Gasteiger partial charge in [-0.1, -0.05) is 0 Å². The fourth-order valence-electron chi connectivity index (χ4n) is 3.26. The van der Waals surface area contributed by atoms with E-state index in [1.807, 2.05) is 17.2 Å². The minimum Gasteiger partial charge on any atom is -0.379 e. The molecule has 0 bridgehead atoms. The number of ether oxygens (including phenoxy) is 2. The molecule has 6 heteroatoms. The van der Waals surface area contributed by atoms with Gasteiger partial charge in [0, 0.05) is 25.1 Å². The van der Waals surface area contributed by atoms with Crippen LogP contribution in [0.2, 0.25) is 0 Å². The van der Waals surface area contributed by atoms with Gasteiger partial charge in [0.25, 0.3) is 5.91 Å². The van der Waals surface area contributed by atoms with Crippen LogP contribution in [0.4, 0.5) is 0 Å². The number of thiazole rings is 1. The fourth-order valence-corrected chi connectivity index (χ4v) is 3.79. The van der Waals surface area contributed by atoms with E-state index in [4.69, 9.17) is 9.47 Å². The van der Waals surface area contributed by atoms with Crippen molar-refractivity contribution in [2.75, 3.05) is 32.9 Å². The zero-order valence-electron chi connectivity index (χ0n) is 12.4. The molecule has 2 aliphatic rings. The number of hydrogen-bond acceptors (Lipinski definition) is 5. The average molecular weight is 310 g/mol. The lowest BCUT2D eigenvalue weighted by atomic mass is 9.76. The number of amides is 1. The number of piperidine rings is 1. The molecular formula is C15H22N2O3S. The third-order valence-corrected chi connectivity index (χ3v) is 5.14. The van der Waals surface area contributed by atoms with Gasteiger partial charge in [-0.15, -0.1) is 11.3 Å². The summed E-state index contributed by atoms with van der Waals surface area (Å²) < 4.78 is 11.3. The highest BCUT2D eigenvalue weighted by Crippen LogP contribution is 2.42. The Morgan fingerprint density at radius 3 is 3.05 bits per heavy atom. The van der Waals surface area contributed by atoms with Crippen LogP contribution in [0.15, 0.2) is 10.9 Å². The van der Waals surface area contributed by atoms with Crippen LogP contribution >= 0.6 is 11.3 Å². The molecule has 0 N–H and O–H groups in total. The molecule has 2 fully saturated rings. The van der Waals surface area contributed by atoms with Crippen molar-refractivity contribution < 1.29 is 14.3 Å². The number of aromatic nitrogens is 1. The van der Waals surface area contributed by atoms with E-state index in [1.165, 1.54) is 11.3 Å². The van der Waals surface area contributed by atoms with Gasteiger partial charge < -0.3 is 14.4 Å². The number of carbonyl (C=O) groups excluding carboxylic acids is 1. The molecule has 116 valence electrons. The lowest BCUT2D eigenvalue weighted by molar-refractivity contribution is 0.0159. The molecule has 1 atom stereocenters. The standard InChI is InChI=1S/C15H22N2O3S/c1-2-19-8-12-7-15(10-20-12)3-5-17(6-4-15)14(18)13-9-21-11-16-13/h9,11-12H,2-8,10H2,1H3/t12-/m1/s1. The first-order valence-corrected chi connectivity index (χ1v) is 8.53. The molecule has 0 unspecified atom stereocenters. The monoisotopic (exact) mass is 310 g/mol. The lowest BCUT2D eigenvalue weighted by Gasteiger charge is -2.38. The molecule has 1 amide bonds. The highest BCUT2D eigenvalue weighted by atomic mass is 32.1. The van der Waals surface area contributed by atoms with Crippen LogP contribution in [0.25, 0.3) is 0 Å². The van der Waals surface area contributed by atoms with E-state index in [1.54, 1.807) is 5.51 Å². The summed E-state index contributed by atoms with van der Waals surface area (Å²) >= 11 is 1.47. The Balaban J connectivity index is 1.52. The molecule has 1 aromatic heterocycles. The molecule has 0 aromatic carbocycles. The van der Waals surface area contributed by atoms with Crippen molar-refractivity contribution in [3.63, 3.8) is 0 Å². The van der Waals surface area contributed by atoms with Crippen molar-refractivity contribution in [3.8, 4) is 0 Å². The van der Waals surface area contributed by atoms with E-state index in [-0.39, 0.29) is 17.4 Å². The van der Waals surface area contributed by atoms with Crippen molar-refractivity contribution in [3.05, 3.63) is 16.6 Å². The largest absolute Gasteiger partial charge is 0.379 e. The number of likely N-dealkylation sites (tertiary alicyclic amines) is 1. The van der Waals surface area contributed by atoms with Gasteiger partial charge in [-0.2, -0.15) is 0 Å². The van der Waals surface area contributed by atoms with Gasteiger partial charge in [-0.3, -0.25) is 4.79 Å². The molecule has 0 radical (unpaired) electrons. The van der Waals surface area contributed by atoms with Gasteiger partial charge in [0.05, 0.1) is 24.8 Å². The Morgan fingerprint density at radius 1 is 1.57 bits per heavy atom. The van der Waals surface area contributed by atoms with Crippen molar-refractivity contribution in [2.24, 2.45) is 5.41 Å². The normalized spacial score (nSPS) is 24.6. The van der Waals surface area contributed by atoms with Crippen molar-refractivity contribution in [1.82, 2.24) is 9.88 Å². The maximum absolute atomic E-state index is 12.3. The zero-order chi connectivity index (χ0) is 14.7. The maximum Gasteiger partial charge on any atom is 0.273 e. The Morgan fingerprint density at radius 2 is 2.38 bits per heavy atom. The Hall–Kier alpha value is -0.980. The second-order valence-corrected chi connectivity index (χ2v) is 6.68. The van der Waals surface area contributed by atoms with E-state index in [9.17, 15) is 4.79 Å². The van der Waals surface area contributed by atoms with Crippen LogP contribution < -0.4 is 0 Å². The minimum atomic E-state index is 0.0656. The maximum atomic E-state index is 12.3. The van der Waals surface area contributed by atoms with Crippen molar-refractivity contribution in [2.45, 2.75) is 32.3 Å². The van der Waals surface area contributed by atoms with Crippen LogP contribution in [0, 0.1) is 5.41 Å². The van der Waals surface area contributed by atoms with Crippen LogP contribution in [-0.4, -0.2) is 54.8 Å². The summed E-state index contributed by atoms with van der Waals surface area (Å²) in [4.78, 5) is 18.3. The predicted molar refractivity (Wildman–Crippen MR) is 80.5 cm³/mol. The van der Waals surface area contributed by atoms with Gasteiger partial charge in [0.15, 0.2) is 0 Å². The average Bonchev–Trinajstić information content (AvgIpc) is 3.16. The van der Waals surface area contributed by atoms with E-state index < -0.39 is 0 Å². The summed E-state index contributed by atoms with van der Waals surface area (Å²) in [5.74, 6) is 0.0656. The third kappa shape index (κ3) is 3.27. The van der Waals surface area contributed by atoms with Crippen LogP contribution in [0.5, 0.6) is 0 Å². The predicted octanol–water partition coefficient (Wildman–Crippen LogP) is 2.19. The SMILES string of the molecule is CCOC[C@H]1CC2(CCN(C(=O)c3cscn3)CC2)CO1. The Kier molecular flexibility index (Phi) is 4.57. The first-order chi connectivity index (χ1) is 10.2. The molecular weight excluding hydrogens is 288 g/mol. The van der Waals surface area contributed by atoms with Gasteiger partial charge in [0.2, 0.25) is 0 Å². The second-order valence-electron chi connectivity index (χ2n) is 5.96. The molecule has 1 aromatic rings. The molecule has 2 aliphatic heterocycles. The fraction of sp³-hybridized carbons (Fsp3) is 0.733. The number of carbonyl (C=O) groups is 1. The van der Waals surface area contributed by atoms with Crippen molar-refractivity contribution >= 4 is 17.2 Å². The summed E-state index contributed by atoms with van der Waals surface area (Å²) in [6.07, 6.45) is 3.33. The van der Waals surface area contributed by atoms with Crippen LogP contribution in [0.1, 0.15) is 36.7 Å². The highest BCUT2D eigenvalue weighted by Gasteiger charge is 2.43. The van der Waals surface area contributed by atoms with Gasteiger partial charge in [0.1, 0.15) is 5.69 Å². The molecule has 21 heavy (non-hydrogen) atoms. The van der Waals surface area contributed by atoms with Gasteiger partial charge in [-0.05, 0) is 31.6 Å². The summed E-state index contributed by atoms with van der Waals surface area (Å²) in [6.45, 7) is 5.86. The van der Waals surface area contributed by atoms with E-state index in [0.717, 1.165) is 45.6 Å². The highest BCUT2D eigenvalue weighted by molar-refractivity contribution is 7.07. The summed E-state index contributed by atoms with van der Waals surface area (Å²) in [5.41, 5.74) is 2.54. The molecule has 5 nitrogen and oxygen atoms in total. The molecule has 3 rings (SSSR count). The second kappa shape index (κ2) is 6.42. The molecule has 0 saturated carbocycles. The number of rotatable bonds is 4. The zero-order valence-corrected chi connectivity index (χ0v) is 13.2. The first kappa shape index (κ1) is 14.9. The van der Waals surface area contributed by atoms with E-state index in [2.05, 4.69) is 4.98 Å². The van der Waals surface area contributed by atoms with E-state index >= 15 is 0 Å². The lowest BCUT2D eigenvalue weighted by Crippen LogP contribution is -2.43. The topological polar surface area (TPSA) is 51.7 Å². The third-order valence-electron chi connectivity index (χ3n) is 4.56. The molecule has 0 aliphatic carbocycles. The quantitative estimate of drug-likeness (QED) is 0.855. The minimum absolute atomic E-state index is 0.0656. The first-order valence-electron chi connectivity index (χ1n) is 7.59. The number of nitrogens with zero attached hydrogens (tertiary/aromatic N) is 2.